The van der Waals surface area contributed by atoms with E-state index in [0.717, 1.165) is 19.4 Å². The lowest BCUT2D eigenvalue weighted by atomic mass is 9.68. The third kappa shape index (κ3) is 4.54. The van der Waals surface area contributed by atoms with Crippen LogP contribution < -0.4 is 5.32 Å². The van der Waals surface area contributed by atoms with Gasteiger partial charge in [-0.3, -0.25) is 4.79 Å². The molecule has 0 aromatic heterocycles. The second-order valence-corrected chi connectivity index (χ2v) is 6.57. The van der Waals surface area contributed by atoms with Gasteiger partial charge in [-0.05, 0) is 24.2 Å². The van der Waals surface area contributed by atoms with Crippen molar-refractivity contribution in [3.05, 3.63) is 0 Å². The highest BCUT2D eigenvalue weighted by Crippen LogP contribution is 2.39. The number of rotatable bonds is 5. The van der Waals surface area contributed by atoms with Crippen LogP contribution in [0, 0.1) is 16.7 Å². The molecule has 1 atom stereocenters. The first-order valence-corrected chi connectivity index (χ1v) is 6.42. The summed E-state index contributed by atoms with van der Waals surface area (Å²) < 4.78 is 0. The quantitative estimate of drug-likeness (QED) is 0.763. The van der Waals surface area contributed by atoms with Gasteiger partial charge in [-0.15, -0.1) is 0 Å². The van der Waals surface area contributed by atoms with E-state index in [1.165, 1.54) is 0 Å². The predicted molar refractivity (Wildman–Crippen MR) is 70.3 cm³/mol. The second-order valence-electron chi connectivity index (χ2n) is 6.57. The fourth-order valence-corrected chi connectivity index (χ4v) is 2.09. The summed E-state index contributed by atoms with van der Waals surface area (Å²) in [6, 6.07) is 0. The Morgan fingerprint density at radius 1 is 1.19 bits per heavy atom. The van der Waals surface area contributed by atoms with Crippen LogP contribution in [0.15, 0.2) is 0 Å². The summed E-state index contributed by atoms with van der Waals surface area (Å²) in [7, 11) is 0. The molecule has 0 saturated carbocycles. The number of carbonyl (C=O) groups excluding carboxylic acids is 1. The second kappa shape index (κ2) is 5.70. The first kappa shape index (κ1) is 15.5. The van der Waals surface area contributed by atoms with E-state index in [1.54, 1.807) is 0 Å². The molecule has 0 rings (SSSR count). The zero-order valence-corrected chi connectivity index (χ0v) is 12.1. The lowest BCUT2D eigenvalue weighted by Gasteiger charge is -2.37. The Hall–Kier alpha value is -0.530. The van der Waals surface area contributed by atoms with Gasteiger partial charge in [-0.25, -0.2) is 0 Å². The van der Waals surface area contributed by atoms with Crippen molar-refractivity contribution in [3.8, 4) is 0 Å². The van der Waals surface area contributed by atoms with Gasteiger partial charge in [-0.1, -0.05) is 48.5 Å². The molecule has 0 aromatic carbocycles. The molecule has 0 fully saturated rings. The molecule has 0 spiro atoms. The Morgan fingerprint density at radius 3 is 2.00 bits per heavy atom. The number of amides is 1. The first-order chi connectivity index (χ1) is 7.13. The molecule has 96 valence electrons. The minimum Gasteiger partial charge on any atom is -0.356 e. The van der Waals surface area contributed by atoms with Crippen molar-refractivity contribution < 1.29 is 4.79 Å². The number of nitrogens with one attached hydrogen (secondary N) is 1. The summed E-state index contributed by atoms with van der Waals surface area (Å²) in [4.78, 5) is 12.2. The smallest absolute Gasteiger partial charge is 0.226 e. The van der Waals surface area contributed by atoms with Gasteiger partial charge in [0.05, 0.1) is 0 Å². The van der Waals surface area contributed by atoms with Gasteiger partial charge in [0.15, 0.2) is 0 Å². The van der Waals surface area contributed by atoms with Gasteiger partial charge in [-0.2, -0.15) is 0 Å². The molecule has 2 heteroatoms. The molecule has 0 bridgehead atoms. The van der Waals surface area contributed by atoms with Crippen molar-refractivity contribution in [2.75, 3.05) is 6.54 Å². The Bertz CT molecular complexity index is 227. The van der Waals surface area contributed by atoms with E-state index in [2.05, 4.69) is 53.8 Å². The van der Waals surface area contributed by atoms with E-state index in [4.69, 9.17) is 0 Å². The lowest BCUT2D eigenvalue weighted by Crippen LogP contribution is -2.44. The minimum atomic E-state index is -0.257. The maximum atomic E-state index is 12.2. The normalized spacial score (nSPS) is 16.0. The van der Waals surface area contributed by atoms with E-state index < -0.39 is 0 Å². The van der Waals surface area contributed by atoms with Crippen LogP contribution in [-0.4, -0.2) is 12.5 Å². The van der Waals surface area contributed by atoms with E-state index in [0.29, 0.717) is 5.92 Å². The van der Waals surface area contributed by atoms with Gasteiger partial charge in [0.2, 0.25) is 5.91 Å². The van der Waals surface area contributed by atoms with Crippen molar-refractivity contribution in [2.45, 2.75) is 61.3 Å². The maximum absolute atomic E-state index is 12.2. The fourth-order valence-electron chi connectivity index (χ4n) is 2.09. The zero-order valence-electron chi connectivity index (χ0n) is 12.1. The van der Waals surface area contributed by atoms with Gasteiger partial charge in [0, 0.05) is 12.0 Å². The standard InChI is InChI=1S/C14H29NO/c1-8-9-15-12(16)14(7,11(2)3)10-13(4,5)6/h11H,8-10H2,1-7H3,(H,15,16). The van der Waals surface area contributed by atoms with Crippen molar-refractivity contribution in [3.63, 3.8) is 0 Å². The summed E-state index contributed by atoms with van der Waals surface area (Å²) in [5.41, 5.74) is -0.0734. The summed E-state index contributed by atoms with van der Waals surface area (Å²) in [6.07, 6.45) is 1.92. The molecule has 2 nitrogen and oxygen atoms in total. The average Bonchev–Trinajstić information content (AvgIpc) is 2.10. The van der Waals surface area contributed by atoms with Crippen LogP contribution in [0.3, 0.4) is 0 Å². The van der Waals surface area contributed by atoms with Crippen LogP contribution in [0.5, 0.6) is 0 Å². The van der Waals surface area contributed by atoms with Gasteiger partial charge < -0.3 is 5.32 Å². The third-order valence-corrected chi connectivity index (χ3v) is 3.23. The van der Waals surface area contributed by atoms with Gasteiger partial charge >= 0.3 is 0 Å². The van der Waals surface area contributed by atoms with E-state index >= 15 is 0 Å². The molecule has 0 aromatic rings. The highest BCUT2D eigenvalue weighted by molar-refractivity contribution is 5.82. The van der Waals surface area contributed by atoms with E-state index in [9.17, 15) is 4.79 Å². The highest BCUT2D eigenvalue weighted by atomic mass is 16.2. The predicted octanol–water partition coefficient (Wildman–Crippen LogP) is 3.61. The van der Waals surface area contributed by atoms with Crippen molar-refractivity contribution in [2.24, 2.45) is 16.7 Å². The summed E-state index contributed by atoms with van der Waals surface area (Å²) in [6.45, 7) is 15.8. The molecule has 0 aliphatic heterocycles. The van der Waals surface area contributed by atoms with Gasteiger partial charge in [0.25, 0.3) is 0 Å². The Labute approximate surface area is 101 Å². The minimum absolute atomic E-state index is 0.183. The molecule has 1 N–H and O–H groups in total. The number of hydrogen-bond donors (Lipinski definition) is 1. The molecule has 0 aliphatic carbocycles. The molecular formula is C14H29NO. The topological polar surface area (TPSA) is 29.1 Å². The molecule has 0 aliphatic rings. The molecule has 0 saturated heterocycles. The van der Waals surface area contributed by atoms with Crippen LogP contribution in [0.4, 0.5) is 0 Å². The van der Waals surface area contributed by atoms with Crippen LogP contribution in [0.25, 0.3) is 0 Å². The third-order valence-electron chi connectivity index (χ3n) is 3.23. The molecular weight excluding hydrogens is 198 g/mol. The van der Waals surface area contributed by atoms with Crippen LogP contribution in [-0.2, 0) is 4.79 Å². The number of carbonyl (C=O) groups is 1. The summed E-state index contributed by atoms with van der Waals surface area (Å²) >= 11 is 0. The lowest BCUT2D eigenvalue weighted by molar-refractivity contribution is -0.134. The van der Waals surface area contributed by atoms with E-state index in [-0.39, 0.29) is 16.7 Å². The Balaban J connectivity index is 4.75. The first-order valence-electron chi connectivity index (χ1n) is 6.42. The van der Waals surface area contributed by atoms with Crippen molar-refractivity contribution >= 4 is 5.91 Å². The monoisotopic (exact) mass is 227 g/mol. The van der Waals surface area contributed by atoms with E-state index in [1.807, 2.05) is 0 Å². The molecule has 0 heterocycles. The molecule has 0 radical (unpaired) electrons. The van der Waals surface area contributed by atoms with Gasteiger partial charge in [0.1, 0.15) is 0 Å². The SMILES string of the molecule is CCCNC(=O)C(C)(CC(C)(C)C)C(C)C. The average molecular weight is 227 g/mol. The highest BCUT2D eigenvalue weighted by Gasteiger charge is 2.39. The summed E-state index contributed by atoms with van der Waals surface area (Å²) in [5, 5.41) is 3.04. The van der Waals surface area contributed by atoms with Crippen LogP contribution >= 0.6 is 0 Å². The Morgan fingerprint density at radius 2 is 1.69 bits per heavy atom. The fraction of sp³-hybridized carbons (Fsp3) is 0.929. The molecule has 16 heavy (non-hydrogen) atoms. The zero-order chi connectivity index (χ0) is 13.0. The molecule has 1 amide bonds. The summed E-state index contributed by atoms with van der Waals surface area (Å²) in [5.74, 6) is 0.572. The number of hydrogen-bond acceptors (Lipinski definition) is 1. The molecule has 1 unspecified atom stereocenters. The largest absolute Gasteiger partial charge is 0.356 e. The van der Waals surface area contributed by atoms with Crippen LogP contribution in [0.2, 0.25) is 0 Å². The Kier molecular flexibility index (Phi) is 5.51. The van der Waals surface area contributed by atoms with Crippen molar-refractivity contribution in [1.29, 1.82) is 0 Å². The van der Waals surface area contributed by atoms with Crippen molar-refractivity contribution in [1.82, 2.24) is 5.32 Å². The maximum Gasteiger partial charge on any atom is 0.226 e. The van der Waals surface area contributed by atoms with Crippen LogP contribution in [0.1, 0.15) is 61.3 Å².